The summed E-state index contributed by atoms with van der Waals surface area (Å²) in [7, 11) is 1.79. The molecule has 0 atom stereocenters. The molecule has 1 amide bonds. The molecule has 3 nitrogen and oxygen atoms in total. The van der Waals surface area contributed by atoms with Gasteiger partial charge in [0, 0.05) is 18.6 Å². The fraction of sp³-hybridized carbons (Fsp3) is 0.529. The van der Waals surface area contributed by atoms with Crippen LogP contribution in [-0.2, 0) is 10.2 Å². The van der Waals surface area contributed by atoms with Crippen molar-refractivity contribution < 1.29 is 4.79 Å². The van der Waals surface area contributed by atoms with Crippen LogP contribution in [-0.4, -0.2) is 24.4 Å². The van der Waals surface area contributed by atoms with E-state index < -0.39 is 5.41 Å². The van der Waals surface area contributed by atoms with Crippen molar-refractivity contribution in [3.8, 4) is 6.07 Å². The van der Waals surface area contributed by atoms with E-state index in [-0.39, 0.29) is 5.91 Å². The molecule has 0 aromatic heterocycles. The summed E-state index contributed by atoms with van der Waals surface area (Å²) in [6, 6.07) is 9.78. The maximum Gasteiger partial charge on any atom is 0.232 e. The van der Waals surface area contributed by atoms with Crippen molar-refractivity contribution in [1.82, 2.24) is 4.90 Å². The lowest BCUT2D eigenvalue weighted by molar-refractivity contribution is -0.137. The predicted octanol–water partition coefficient (Wildman–Crippen LogP) is 3.91. The molecular formula is C17H21ClN2O. The fourth-order valence-electron chi connectivity index (χ4n) is 3.25. The Hall–Kier alpha value is -1.53. The first kappa shape index (κ1) is 15.9. The van der Waals surface area contributed by atoms with Gasteiger partial charge in [-0.15, -0.1) is 0 Å². The van der Waals surface area contributed by atoms with Crippen molar-refractivity contribution in [2.75, 3.05) is 13.6 Å². The van der Waals surface area contributed by atoms with Gasteiger partial charge in [-0.25, -0.2) is 0 Å². The molecule has 0 N–H and O–H groups in total. The summed E-state index contributed by atoms with van der Waals surface area (Å²) >= 11 is 6.13. The van der Waals surface area contributed by atoms with Crippen LogP contribution < -0.4 is 0 Å². The minimum Gasteiger partial charge on any atom is -0.344 e. The van der Waals surface area contributed by atoms with Gasteiger partial charge in [-0.3, -0.25) is 4.79 Å². The monoisotopic (exact) mass is 304 g/mol. The summed E-state index contributed by atoms with van der Waals surface area (Å²) in [5.41, 5.74) is 0.552. The number of halogens is 1. The smallest absolute Gasteiger partial charge is 0.232 e. The van der Waals surface area contributed by atoms with Crippen LogP contribution >= 0.6 is 11.6 Å². The molecule has 0 saturated heterocycles. The van der Waals surface area contributed by atoms with Gasteiger partial charge in [-0.05, 0) is 30.5 Å². The Kier molecular flexibility index (Phi) is 5.25. The van der Waals surface area contributed by atoms with Gasteiger partial charge in [-0.2, -0.15) is 5.26 Å². The fourth-order valence-corrected chi connectivity index (χ4v) is 3.44. The lowest BCUT2D eigenvalue weighted by atomic mass is 9.68. The lowest BCUT2D eigenvalue weighted by Gasteiger charge is -2.39. The van der Waals surface area contributed by atoms with Crippen molar-refractivity contribution in [3.05, 3.63) is 34.9 Å². The maximum absolute atomic E-state index is 13.0. The van der Waals surface area contributed by atoms with Gasteiger partial charge in [-0.1, -0.05) is 43.0 Å². The quantitative estimate of drug-likeness (QED) is 0.846. The molecule has 0 spiro atoms. The van der Waals surface area contributed by atoms with Gasteiger partial charge in [0.05, 0.1) is 17.9 Å². The molecule has 2 rings (SSSR count). The van der Waals surface area contributed by atoms with Gasteiger partial charge in [0.25, 0.3) is 0 Å². The maximum atomic E-state index is 13.0. The van der Waals surface area contributed by atoms with Crippen LogP contribution in [0, 0.1) is 11.3 Å². The zero-order chi connectivity index (χ0) is 15.3. The van der Waals surface area contributed by atoms with E-state index in [1.807, 2.05) is 24.3 Å². The topological polar surface area (TPSA) is 44.1 Å². The molecule has 1 aromatic rings. The van der Waals surface area contributed by atoms with Crippen LogP contribution in [0.1, 0.15) is 44.1 Å². The average molecular weight is 305 g/mol. The Morgan fingerprint density at radius 1 is 1.38 bits per heavy atom. The summed E-state index contributed by atoms with van der Waals surface area (Å²) in [6.45, 7) is 0.484. The third-order valence-electron chi connectivity index (χ3n) is 4.40. The van der Waals surface area contributed by atoms with E-state index in [4.69, 9.17) is 16.9 Å². The van der Waals surface area contributed by atoms with Gasteiger partial charge < -0.3 is 4.90 Å². The Morgan fingerprint density at radius 2 is 2.10 bits per heavy atom. The summed E-state index contributed by atoms with van der Waals surface area (Å²) in [5.74, 6) is 0.125. The van der Waals surface area contributed by atoms with Gasteiger partial charge in [0.2, 0.25) is 5.91 Å². The number of nitriles is 1. The first-order valence-corrected chi connectivity index (χ1v) is 7.86. The number of nitrogens with zero attached hydrogens (tertiary/aromatic N) is 2. The van der Waals surface area contributed by atoms with Crippen LogP contribution in [0.5, 0.6) is 0 Å². The van der Waals surface area contributed by atoms with E-state index in [0.717, 1.165) is 31.2 Å². The molecule has 112 valence electrons. The van der Waals surface area contributed by atoms with E-state index in [0.29, 0.717) is 18.0 Å². The summed E-state index contributed by atoms with van der Waals surface area (Å²) in [5, 5.41) is 9.39. The third kappa shape index (κ3) is 3.39. The third-order valence-corrected chi connectivity index (χ3v) is 4.63. The molecule has 1 fully saturated rings. The first-order valence-electron chi connectivity index (χ1n) is 7.49. The molecule has 1 aromatic carbocycles. The van der Waals surface area contributed by atoms with E-state index in [1.165, 1.54) is 6.42 Å². The van der Waals surface area contributed by atoms with Crippen LogP contribution in [0.2, 0.25) is 5.02 Å². The van der Waals surface area contributed by atoms with Crippen molar-refractivity contribution in [1.29, 1.82) is 5.26 Å². The molecule has 1 aliphatic carbocycles. The average Bonchev–Trinajstić information content (AvgIpc) is 2.52. The van der Waals surface area contributed by atoms with Crippen molar-refractivity contribution in [3.63, 3.8) is 0 Å². The number of carbonyl (C=O) groups excluding carboxylic acids is 1. The van der Waals surface area contributed by atoms with Crippen molar-refractivity contribution in [2.24, 2.45) is 0 Å². The molecule has 0 heterocycles. The number of carbonyl (C=O) groups is 1. The first-order chi connectivity index (χ1) is 10.1. The Balaban J connectivity index is 2.33. The van der Waals surface area contributed by atoms with Crippen LogP contribution in [0.25, 0.3) is 0 Å². The normalized spacial score (nSPS) is 17.0. The highest BCUT2D eigenvalue weighted by molar-refractivity contribution is 6.30. The highest BCUT2D eigenvalue weighted by Crippen LogP contribution is 2.41. The number of hydrogen-bond acceptors (Lipinski definition) is 2. The van der Waals surface area contributed by atoms with Crippen molar-refractivity contribution in [2.45, 2.75) is 43.9 Å². The number of hydrogen-bond donors (Lipinski definition) is 0. The minimum atomic E-state index is -0.465. The Labute approximate surface area is 131 Å². The van der Waals surface area contributed by atoms with Crippen LogP contribution in [0.3, 0.4) is 0 Å². The largest absolute Gasteiger partial charge is 0.344 e. The Morgan fingerprint density at radius 3 is 2.71 bits per heavy atom. The zero-order valence-electron chi connectivity index (χ0n) is 12.4. The molecule has 0 unspecified atom stereocenters. The number of benzene rings is 1. The molecule has 0 aliphatic heterocycles. The van der Waals surface area contributed by atoms with E-state index in [9.17, 15) is 4.79 Å². The van der Waals surface area contributed by atoms with Gasteiger partial charge >= 0.3 is 0 Å². The predicted molar refractivity (Wildman–Crippen MR) is 84.1 cm³/mol. The second-order valence-corrected chi connectivity index (χ2v) is 6.22. The molecule has 0 bridgehead atoms. The van der Waals surface area contributed by atoms with Crippen LogP contribution in [0.4, 0.5) is 0 Å². The molecule has 1 saturated carbocycles. The van der Waals surface area contributed by atoms with Crippen molar-refractivity contribution >= 4 is 17.5 Å². The summed E-state index contributed by atoms with van der Waals surface area (Å²) in [4.78, 5) is 14.7. The molecule has 1 aliphatic rings. The second kappa shape index (κ2) is 6.95. The highest BCUT2D eigenvalue weighted by Gasteiger charge is 2.42. The minimum absolute atomic E-state index is 0.125. The Bertz CT molecular complexity index is 544. The van der Waals surface area contributed by atoms with Gasteiger partial charge in [0.1, 0.15) is 0 Å². The number of likely N-dealkylation sites (N-methyl/N-ethyl adjacent to an activating group) is 1. The van der Waals surface area contributed by atoms with E-state index >= 15 is 0 Å². The standard InChI is InChI=1S/C17H21ClN2O/c1-20(12-6-11-19)16(21)17(9-3-2-4-10-17)14-7-5-8-15(18)13-14/h5,7-8,13H,2-4,6,9-10,12H2,1H3. The summed E-state index contributed by atoms with van der Waals surface area (Å²) in [6.07, 6.45) is 5.40. The molecule has 0 radical (unpaired) electrons. The van der Waals surface area contributed by atoms with E-state index in [2.05, 4.69) is 6.07 Å². The molecular weight excluding hydrogens is 284 g/mol. The number of rotatable bonds is 4. The van der Waals surface area contributed by atoms with Gasteiger partial charge in [0.15, 0.2) is 0 Å². The van der Waals surface area contributed by atoms with E-state index in [1.54, 1.807) is 11.9 Å². The zero-order valence-corrected chi connectivity index (χ0v) is 13.2. The van der Waals surface area contributed by atoms with Crippen LogP contribution in [0.15, 0.2) is 24.3 Å². The second-order valence-electron chi connectivity index (χ2n) is 5.79. The highest BCUT2D eigenvalue weighted by atomic mass is 35.5. The number of amides is 1. The SMILES string of the molecule is CN(CCC#N)C(=O)C1(c2cccc(Cl)c2)CCCCC1. The molecule has 21 heavy (non-hydrogen) atoms. The summed E-state index contributed by atoms with van der Waals surface area (Å²) < 4.78 is 0. The molecule has 4 heteroatoms. The lowest BCUT2D eigenvalue weighted by Crippen LogP contribution is -2.46.